The molecule has 0 heterocycles. The Hall–Kier alpha value is -1.42. The summed E-state index contributed by atoms with van der Waals surface area (Å²) in [5, 5.41) is 4.87. The summed E-state index contributed by atoms with van der Waals surface area (Å²) in [4.78, 5) is 0. The van der Waals surface area contributed by atoms with Crippen molar-refractivity contribution >= 4 is 23.2 Å². The number of rotatable bonds is 8. The lowest BCUT2D eigenvalue weighted by Gasteiger charge is -2.33. The minimum atomic E-state index is 0.0156. The van der Waals surface area contributed by atoms with Crippen molar-refractivity contribution in [3.63, 3.8) is 0 Å². The number of hydrogen-bond donors (Lipinski definition) is 1. The first-order valence-electron chi connectivity index (χ1n) is 9.48. The zero-order valence-electron chi connectivity index (χ0n) is 17.7. The van der Waals surface area contributed by atoms with Gasteiger partial charge in [-0.1, -0.05) is 56.1 Å². The lowest BCUT2D eigenvalue weighted by Crippen LogP contribution is -2.41. The maximum atomic E-state index is 6.51. The van der Waals surface area contributed by atoms with Crippen molar-refractivity contribution in [1.29, 1.82) is 0 Å². The third-order valence-corrected chi connectivity index (χ3v) is 4.86. The van der Waals surface area contributed by atoms with Crippen LogP contribution in [0.4, 0.5) is 0 Å². The van der Waals surface area contributed by atoms with Crippen LogP contribution in [0.3, 0.4) is 0 Å². The third-order valence-electron chi connectivity index (χ3n) is 4.33. The highest BCUT2D eigenvalue weighted by Crippen LogP contribution is 2.37. The number of benzene rings is 2. The molecule has 0 bridgehead atoms. The van der Waals surface area contributed by atoms with Gasteiger partial charge in [0, 0.05) is 17.1 Å². The van der Waals surface area contributed by atoms with Gasteiger partial charge in [0.1, 0.15) is 6.61 Å². The van der Waals surface area contributed by atoms with E-state index in [1.165, 1.54) is 0 Å². The van der Waals surface area contributed by atoms with Gasteiger partial charge in [0.25, 0.3) is 0 Å². The van der Waals surface area contributed by atoms with E-state index in [4.69, 9.17) is 32.7 Å². The van der Waals surface area contributed by atoms with Crippen molar-refractivity contribution in [1.82, 2.24) is 5.32 Å². The van der Waals surface area contributed by atoms with E-state index >= 15 is 0 Å². The van der Waals surface area contributed by atoms with E-state index in [0.29, 0.717) is 34.7 Å². The zero-order valence-corrected chi connectivity index (χ0v) is 19.2. The van der Waals surface area contributed by atoms with Crippen molar-refractivity contribution < 1.29 is 9.47 Å². The molecule has 0 unspecified atom stereocenters. The predicted molar refractivity (Wildman–Crippen MR) is 119 cm³/mol. The Balaban J connectivity index is 2.08. The summed E-state index contributed by atoms with van der Waals surface area (Å²) < 4.78 is 11.5. The summed E-state index contributed by atoms with van der Waals surface area (Å²) in [5.74, 6) is 1.18. The second-order valence-corrected chi connectivity index (χ2v) is 9.84. The van der Waals surface area contributed by atoms with Crippen molar-refractivity contribution in [3.05, 3.63) is 57.6 Å². The molecule has 0 atom stereocenters. The molecule has 2 aromatic rings. The Morgan fingerprint density at radius 3 is 2.14 bits per heavy atom. The largest absolute Gasteiger partial charge is 0.493 e. The van der Waals surface area contributed by atoms with Gasteiger partial charge in [-0.3, -0.25) is 0 Å². The van der Waals surface area contributed by atoms with Gasteiger partial charge in [-0.25, -0.2) is 0 Å². The summed E-state index contributed by atoms with van der Waals surface area (Å²) >= 11 is 12.4. The smallest absolute Gasteiger partial charge is 0.180 e. The zero-order chi connectivity index (χ0) is 20.9. The second-order valence-electron chi connectivity index (χ2n) is 9.00. The summed E-state index contributed by atoms with van der Waals surface area (Å²) in [6.45, 7) is 12.3. The minimum absolute atomic E-state index is 0.0156. The molecule has 0 fully saturated rings. The van der Waals surface area contributed by atoms with E-state index in [2.05, 4.69) is 39.9 Å². The van der Waals surface area contributed by atoms with Gasteiger partial charge in [-0.15, -0.1) is 0 Å². The lowest BCUT2D eigenvalue weighted by atomic mass is 9.82. The topological polar surface area (TPSA) is 30.5 Å². The quantitative estimate of drug-likeness (QED) is 0.501. The standard InChI is InChI=1S/C23H31Cl2NO2/c1-22(2,3)15-23(4,5)26-13-17-11-19(25)21(20(12-17)27-6)28-14-16-7-9-18(24)10-8-16/h7-12,26H,13-15H2,1-6H3. The highest BCUT2D eigenvalue weighted by molar-refractivity contribution is 6.32. The molecule has 2 aromatic carbocycles. The molecular formula is C23H31Cl2NO2. The third kappa shape index (κ3) is 7.20. The number of ether oxygens (including phenoxy) is 2. The van der Waals surface area contributed by atoms with Crippen molar-refractivity contribution in [2.45, 2.75) is 59.7 Å². The van der Waals surface area contributed by atoms with Crippen molar-refractivity contribution in [2.75, 3.05) is 7.11 Å². The number of halogens is 2. The van der Waals surface area contributed by atoms with Gasteiger partial charge in [0.15, 0.2) is 11.5 Å². The van der Waals surface area contributed by atoms with Crippen LogP contribution >= 0.6 is 23.2 Å². The van der Waals surface area contributed by atoms with Gasteiger partial charge in [0.2, 0.25) is 0 Å². The average molecular weight is 424 g/mol. The van der Waals surface area contributed by atoms with Crippen LogP contribution in [-0.2, 0) is 13.2 Å². The summed E-state index contributed by atoms with van der Waals surface area (Å²) in [5.41, 5.74) is 2.34. The van der Waals surface area contributed by atoms with E-state index in [-0.39, 0.29) is 11.0 Å². The molecular weight excluding hydrogens is 393 g/mol. The second kappa shape index (κ2) is 9.39. The number of nitrogens with one attached hydrogen (secondary N) is 1. The van der Waals surface area contributed by atoms with Gasteiger partial charge < -0.3 is 14.8 Å². The molecule has 0 saturated heterocycles. The maximum absolute atomic E-state index is 6.51. The summed E-state index contributed by atoms with van der Waals surface area (Å²) in [6, 6.07) is 11.4. The van der Waals surface area contributed by atoms with E-state index < -0.39 is 0 Å². The molecule has 0 aliphatic heterocycles. The van der Waals surface area contributed by atoms with Crippen LogP contribution in [0.15, 0.2) is 36.4 Å². The number of methoxy groups -OCH3 is 1. The van der Waals surface area contributed by atoms with Crippen molar-refractivity contribution in [3.8, 4) is 11.5 Å². The van der Waals surface area contributed by atoms with Crippen LogP contribution in [0.1, 0.15) is 52.2 Å². The molecule has 0 spiro atoms. The van der Waals surface area contributed by atoms with Crippen LogP contribution in [-0.4, -0.2) is 12.6 Å². The van der Waals surface area contributed by atoms with Gasteiger partial charge in [-0.05, 0) is 61.1 Å². The molecule has 0 aromatic heterocycles. The van der Waals surface area contributed by atoms with Crippen LogP contribution in [0.2, 0.25) is 10.0 Å². The van der Waals surface area contributed by atoms with E-state index in [1.807, 2.05) is 36.4 Å². The molecule has 5 heteroatoms. The van der Waals surface area contributed by atoms with Crippen LogP contribution < -0.4 is 14.8 Å². The SMILES string of the molecule is COc1cc(CNC(C)(C)CC(C)(C)C)cc(Cl)c1OCc1ccc(Cl)cc1. The fourth-order valence-corrected chi connectivity index (χ4v) is 3.89. The van der Waals surface area contributed by atoms with Crippen LogP contribution in [0.5, 0.6) is 11.5 Å². The van der Waals surface area contributed by atoms with Crippen LogP contribution in [0.25, 0.3) is 0 Å². The minimum Gasteiger partial charge on any atom is -0.493 e. The van der Waals surface area contributed by atoms with Crippen LogP contribution in [0, 0.1) is 5.41 Å². The Bertz CT molecular complexity index is 780. The molecule has 0 radical (unpaired) electrons. The van der Waals surface area contributed by atoms with E-state index in [0.717, 1.165) is 17.5 Å². The monoisotopic (exact) mass is 423 g/mol. The first-order chi connectivity index (χ1) is 13.0. The Labute approximate surface area is 179 Å². The molecule has 0 aliphatic rings. The lowest BCUT2D eigenvalue weighted by molar-refractivity contribution is 0.240. The summed E-state index contributed by atoms with van der Waals surface area (Å²) in [6.07, 6.45) is 1.06. The Kier molecular flexibility index (Phi) is 7.66. The van der Waals surface area contributed by atoms with E-state index in [1.54, 1.807) is 7.11 Å². The number of hydrogen-bond acceptors (Lipinski definition) is 3. The molecule has 154 valence electrons. The summed E-state index contributed by atoms with van der Waals surface area (Å²) in [7, 11) is 1.63. The predicted octanol–water partition coefficient (Wildman–Crippen LogP) is 6.89. The fraction of sp³-hybridized carbons (Fsp3) is 0.478. The van der Waals surface area contributed by atoms with Gasteiger partial charge in [0.05, 0.1) is 12.1 Å². The molecule has 3 nitrogen and oxygen atoms in total. The van der Waals surface area contributed by atoms with Gasteiger partial charge in [-0.2, -0.15) is 0 Å². The fourth-order valence-electron chi connectivity index (χ4n) is 3.48. The Morgan fingerprint density at radius 2 is 1.57 bits per heavy atom. The maximum Gasteiger partial charge on any atom is 0.180 e. The highest BCUT2D eigenvalue weighted by atomic mass is 35.5. The normalized spacial score (nSPS) is 12.1. The molecule has 28 heavy (non-hydrogen) atoms. The first kappa shape index (κ1) is 22.9. The average Bonchev–Trinajstić information content (AvgIpc) is 2.58. The molecule has 2 rings (SSSR count). The first-order valence-corrected chi connectivity index (χ1v) is 10.2. The molecule has 0 amide bonds. The molecule has 0 saturated carbocycles. The highest BCUT2D eigenvalue weighted by Gasteiger charge is 2.25. The molecule has 0 aliphatic carbocycles. The van der Waals surface area contributed by atoms with E-state index in [9.17, 15) is 0 Å². The van der Waals surface area contributed by atoms with Gasteiger partial charge >= 0.3 is 0 Å². The Morgan fingerprint density at radius 1 is 0.929 bits per heavy atom. The van der Waals surface area contributed by atoms with Crippen molar-refractivity contribution in [2.24, 2.45) is 5.41 Å². The molecule has 1 N–H and O–H groups in total.